The molecule has 0 atom stereocenters. The van der Waals surface area contributed by atoms with Crippen molar-refractivity contribution in [2.75, 3.05) is 14.2 Å². The lowest BCUT2D eigenvalue weighted by Gasteiger charge is -2.20. The SMILES string of the molecule is COc1c(F)c(C(F)(F)F)c(OC)c(F)c1C(F)(F)F. The van der Waals surface area contributed by atoms with Crippen LogP contribution in [-0.4, -0.2) is 14.2 Å². The summed E-state index contributed by atoms with van der Waals surface area (Å²) in [7, 11) is 0.972. The second-order valence-corrected chi connectivity index (χ2v) is 3.44. The van der Waals surface area contributed by atoms with Crippen LogP contribution in [-0.2, 0) is 12.4 Å². The highest BCUT2D eigenvalue weighted by Gasteiger charge is 2.48. The van der Waals surface area contributed by atoms with Crippen LogP contribution in [0.2, 0.25) is 0 Å². The Bertz CT molecular complexity index is 470. The molecule has 114 valence electrons. The number of rotatable bonds is 2. The summed E-state index contributed by atoms with van der Waals surface area (Å²) in [6, 6.07) is 0. The second-order valence-electron chi connectivity index (χ2n) is 3.44. The van der Waals surface area contributed by atoms with Gasteiger partial charge in [0.1, 0.15) is 11.1 Å². The van der Waals surface area contributed by atoms with Crippen LogP contribution in [0.5, 0.6) is 11.5 Å². The fourth-order valence-corrected chi connectivity index (χ4v) is 1.54. The van der Waals surface area contributed by atoms with Crippen LogP contribution in [0.15, 0.2) is 0 Å². The first-order valence-electron chi connectivity index (χ1n) is 4.74. The smallest absolute Gasteiger partial charge is 0.423 e. The minimum Gasteiger partial charge on any atom is -0.493 e. The lowest BCUT2D eigenvalue weighted by Crippen LogP contribution is -2.19. The minimum absolute atomic E-state index is 0.486. The van der Waals surface area contributed by atoms with Crippen molar-refractivity contribution in [1.29, 1.82) is 0 Å². The molecule has 2 nitrogen and oxygen atoms in total. The molecule has 0 bridgehead atoms. The van der Waals surface area contributed by atoms with Crippen LogP contribution in [0.4, 0.5) is 35.1 Å². The van der Waals surface area contributed by atoms with Gasteiger partial charge in [-0.1, -0.05) is 0 Å². The van der Waals surface area contributed by atoms with Crippen LogP contribution in [0, 0.1) is 11.6 Å². The van der Waals surface area contributed by atoms with E-state index in [-0.39, 0.29) is 0 Å². The van der Waals surface area contributed by atoms with E-state index >= 15 is 0 Å². The van der Waals surface area contributed by atoms with E-state index in [9.17, 15) is 35.1 Å². The monoisotopic (exact) mass is 310 g/mol. The van der Waals surface area contributed by atoms with E-state index in [0.29, 0.717) is 14.2 Å². The molecule has 0 radical (unpaired) electrons. The summed E-state index contributed by atoms with van der Waals surface area (Å²) in [4.78, 5) is 0. The molecular formula is C10H6F8O2. The van der Waals surface area contributed by atoms with Gasteiger partial charge in [-0.2, -0.15) is 26.3 Å². The largest absolute Gasteiger partial charge is 0.493 e. The lowest BCUT2D eigenvalue weighted by atomic mass is 10.1. The van der Waals surface area contributed by atoms with Crippen LogP contribution < -0.4 is 9.47 Å². The third kappa shape index (κ3) is 2.59. The van der Waals surface area contributed by atoms with E-state index in [0.717, 1.165) is 0 Å². The van der Waals surface area contributed by atoms with Crippen LogP contribution in [0.25, 0.3) is 0 Å². The Labute approximate surface area is 106 Å². The van der Waals surface area contributed by atoms with E-state index in [1.165, 1.54) is 0 Å². The van der Waals surface area contributed by atoms with Crippen molar-refractivity contribution in [3.05, 3.63) is 22.8 Å². The normalized spacial score (nSPS) is 12.5. The van der Waals surface area contributed by atoms with Gasteiger partial charge in [-0.15, -0.1) is 0 Å². The van der Waals surface area contributed by atoms with E-state index < -0.39 is 46.6 Å². The summed E-state index contributed by atoms with van der Waals surface area (Å²) in [5, 5.41) is 0. The topological polar surface area (TPSA) is 18.5 Å². The van der Waals surface area contributed by atoms with Crippen molar-refractivity contribution >= 4 is 0 Å². The highest BCUT2D eigenvalue weighted by molar-refractivity contribution is 5.52. The number of halogens is 8. The van der Waals surface area contributed by atoms with Gasteiger partial charge in [-0.05, 0) is 0 Å². The molecule has 0 aromatic heterocycles. The van der Waals surface area contributed by atoms with Crippen LogP contribution in [0.3, 0.4) is 0 Å². The molecule has 0 heterocycles. The van der Waals surface area contributed by atoms with Gasteiger partial charge in [0.2, 0.25) is 0 Å². The summed E-state index contributed by atoms with van der Waals surface area (Å²) in [6.45, 7) is 0. The first-order chi connectivity index (χ1) is 8.96. The molecule has 0 unspecified atom stereocenters. The summed E-state index contributed by atoms with van der Waals surface area (Å²) in [5.41, 5.74) is -4.61. The first kappa shape index (κ1) is 16.3. The van der Waals surface area contributed by atoms with Crippen molar-refractivity contribution in [3.63, 3.8) is 0 Å². The van der Waals surface area contributed by atoms with Crippen molar-refractivity contribution in [2.45, 2.75) is 12.4 Å². The minimum atomic E-state index is -5.46. The fourth-order valence-electron chi connectivity index (χ4n) is 1.54. The molecular weight excluding hydrogens is 304 g/mol. The number of methoxy groups -OCH3 is 2. The molecule has 1 rings (SSSR count). The van der Waals surface area contributed by atoms with Gasteiger partial charge in [0.15, 0.2) is 23.1 Å². The van der Waals surface area contributed by atoms with Crippen molar-refractivity contribution < 1.29 is 44.6 Å². The maximum absolute atomic E-state index is 13.6. The summed E-state index contributed by atoms with van der Waals surface area (Å²) in [5.74, 6) is -8.57. The molecule has 20 heavy (non-hydrogen) atoms. The third-order valence-corrected chi connectivity index (χ3v) is 2.27. The molecule has 0 amide bonds. The first-order valence-corrected chi connectivity index (χ1v) is 4.74. The number of hydrogen-bond acceptors (Lipinski definition) is 2. The number of ether oxygens (including phenoxy) is 2. The summed E-state index contributed by atoms with van der Waals surface area (Å²) in [6.07, 6.45) is -10.9. The highest BCUT2D eigenvalue weighted by Crippen LogP contribution is 2.49. The van der Waals surface area contributed by atoms with Crippen molar-refractivity contribution in [2.24, 2.45) is 0 Å². The number of alkyl halides is 6. The molecule has 0 aliphatic heterocycles. The Hall–Kier alpha value is -1.74. The van der Waals surface area contributed by atoms with E-state index in [1.54, 1.807) is 0 Å². The highest BCUT2D eigenvalue weighted by atomic mass is 19.4. The van der Waals surface area contributed by atoms with Gasteiger partial charge in [-0.25, -0.2) is 8.78 Å². The van der Waals surface area contributed by atoms with Gasteiger partial charge < -0.3 is 9.47 Å². The quantitative estimate of drug-likeness (QED) is 0.768. The van der Waals surface area contributed by atoms with Crippen molar-refractivity contribution in [1.82, 2.24) is 0 Å². The lowest BCUT2D eigenvalue weighted by molar-refractivity contribution is -0.147. The maximum Gasteiger partial charge on any atom is 0.423 e. The maximum atomic E-state index is 13.6. The number of benzene rings is 1. The van der Waals surface area contributed by atoms with Gasteiger partial charge in [0.25, 0.3) is 0 Å². The Morgan fingerprint density at radius 2 is 0.900 bits per heavy atom. The standard InChI is InChI=1S/C10H6F8O2/c1-19-7-3(9(13,14)15)6(12)8(20-2)4(5(7)11)10(16,17)18/h1-2H3. The van der Waals surface area contributed by atoms with Gasteiger partial charge in [0.05, 0.1) is 14.2 Å². The predicted octanol–water partition coefficient (Wildman–Crippen LogP) is 4.02. The van der Waals surface area contributed by atoms with E-state index in [2.05, 4.69) is 9.47 Å². The fraction of sp³-hybridized carbons (Fsp3) is 0.400. The number of hydrogen-bond donors (Lipinski definition) is 0. The van der Waals surface area contributed by atoms with Gasteiger partial charge >= 0.3 is 12.4 Å². The summed E-state index contributed by atoms with van der Waals surface area (Å²) >= 11 is 0. The molecule has 1 aromatic carbocycles. The molecule has 0 spiro atoms. The molecule has 0 aliphatic rings. The summed E-state index contributed by atoms with van der Waals surface area (Å²) < 4.78 is 111. The molecule has 0 N–H and O–H groups in total. The van der Waals surface area contributed by atoms with Crippen LogP contribution >= 0.6 is 0 Å². The molecule has 1 aromatic rings. The predicted molar refractivity (Wildman–Crippen MR) is 49.5 cm³/mol. The van der Waals surface area contributed by atoms with Gasteiger partial charge in [0, 0.05) is 0 Å². The molecule has 0 saturated heterocycles. The molecule has 0 aliphatic carbocycles. The zero-order chi connectivity index (χ0) is 15.9. The third-order valence-electron chi connectivity index (χ3n) is 2.27. The van der Waals surface area contributed by atoms with E-state index in [1.807, 2.05) is 0 Å². The Morgan fingerprint density at radius 3 is 1.05 bits per heavy atom. The second kappa shape index (κ2) is 4.98. The average molecular weight is 310 g/mol. The van der Waals surface area contributed by atoms with E-state index in [4.69, 9.17) is 0 Å². The Balaban J connectivity index is 3.92. The zero-order valence-corrected chi connectivity index (χ0v) is 9.84. The molecule has 0 saturated carbocycles. The molecule has 0 fully saturated rings. The zero-order valence-electron chi connectivity index (χ0n) is 9.84. The average Bonchev–Trinajstić information content (AvgIpc) is 2.27. The van der Waals surface area contributed by atoms with Gasteiger partial charge in [-0.3, -0.25) is 0 Å². The van der Waals surface area contributed by atoms with Crippen LogP contribution in [0.1, 0.15) is 11.1 Å². The van der Waals surface area contributed by atoms with Crippen molar-refractivity contribution in [3.8, 4) is 11.5 Å². The molecule has 10 heteroatoms. The Kier molecular flexibility index (Phi) is 4.07. The Morgan fingerprint density at radius 1 is 0.650 bits per heavy atom.